The number of nitrogens with zero attached hydrogens (tertiary/aromatic N) is 1. The Balaban J connectivity index is 2.11. The van der Waals surface area contributed by atoms with Crippen molar-refractivity contribution >= 4 is 15.9 Å². The molecule has 0 spiro atoms. The largest absolute Gasteiger partial charge is 0.497 e. The molecule has 0 aliphatic carbocycles. The Kier molecular flexibility index (Phi) is 5.38. The Morgan fingerprint density at radius 2 is 1.78 bits per heavy atom. The molecular formula is C19H22N2O5S. The second-order valence-corrected chi connectivity index (χ2v) is 8.10. The summed E-state index contributed by atoms with van der Waals surface area (Å²) in [6, 6.07) is 10.9. The molecular weight excluding hydrogens is 368 g/mol. The Bertz CT molecular complexity index is 941. The first-order valence-electron chi connectivity index (χ1n) is 8.46. The van der Waals surface area contributed by atoms with Crippen molar-refractivity contribution in [1.82, 2.24) is 9.62 Å². The van der Waals surface area contributed by atoms with Crippen molar-refractivity contribution in [3.05, 3.63) is 53.6 Å². The first-order valence-corrected chi connectivity index (χ1v) is 9.90. The van der Waals surface area contributed by atoms with E-state index in [0.717, 1.165) is 5.56 Å². The van der Waals surface area contributed by atoms with Crippen LogP contribution < -0.4 is 14.8 Å². The van der Waals surface area contributed by atoms with Gasteiger partial charge in [-0.3, -0.25) is 4.79 Å². The molecule has 3 rings (SSSR count). The number of methoxy groups -OCH3 is 2. The molecule has 1 unspecified atom stereocenters. The summed E-state index contributed by atoms with van der Waals surface area (Å²) < 4.78 is 38.5. The van der Waals surface area contributed by atoms with Crippen molar-refractivity contribution in [2.24, 2.45) is 0 Å². The lowest BCUT2D eigenvalue weighted by molar-refractivity contribution is -0.126. The first-order chi connectivity index (χ1) is 12.9. The standard InChI is InChI=1S/C19H22N2O5S/c1-13-4-6-14(7-5-13)18-19(22)20-10-11-21(18)27(23,24)17-12-15(25-2)8-9-16(17)26-3/h4-9,12,18H,10-11H2,1-3H3,(H,20,22). The molecule has 1 atom stereocenters. The maximum Gasteiger partial charge on any atom is 0.248 e. The Morgan fingerprint density at radius 3 is 2.41 bits per heavy atom. The number of rotatable bonds is 5. The van der Waals surface area contributed by atoms with Gasteiger partial charge in [0.15, 0.2) is 0 Å². The van der Waals surface area contributed by atoms with E-state index in [0.29, 0.717) is 11.3 Å². The van der Waals surface area contributed by atoms with Gasteiger partial charge in [-0.25, -0.2) is 8.42 Å². The third-order valence-electron chi connectivity index (χ3n) is 4.52. The number of carbonyl (C=O) groups excluding carboxylic acids is 1. The van der Waals surface area contributed by atoms with Crippen LogP contribution in [0.2, 0.25) is 0 Å². The van der Waals surface area contributed by atoms with Crippen LogP contribution in [0.25, 0.3) is 0 Å². The first kappa shape index (κ1) is 19.2. The van der Waals surface area contributed by atoms with Crippen LogP contribution >= 0.6 is 0 Å². The molecule has 1 N–H and O–H groups in total. The zero-order valence-corrected chi connectivity index (χ0v) is 16.2. The van der Waals surface area contributed by atoms with Crippen LogP contribution in [0.15, 0.2) is 47.4 Å². The highest BCUT2D eigenvalue weighted by Gasteiger charge is 2.40. The van der Waals surface area contributed by atoms with E-state index in [1.165, 1.54) is 30.7 Å². The maximum absolute atomic E-state index is 13.4. The fourth-order valence-electron chi connectivity index (χ4n) is 3.08. The van der Waals surface area contributed by atoms with E-state index in [2.05, 4.69) is 5.32 Å². The molecule has 2 aromatic rings. The lowest BCUT2D eigenvalue weighted by Crippen LogP contribution is -2.52. The number of piperazine rings is 1. The van der Waals surface area contributed by atoms with Crippen LogP contribution in [-0.2, 0) is 14.8 Å². The van der Waals surface area contributed by atoms with Crippen molar-refractivity contribution in [1.29, 1.82) is 0 Å². The van der Waals surface area contributed by atoms with E-state index in [4.69, 9.17) is 9.47 Å². The lowest BCUT2D eigenvalue weighted by atomic mass is 10.0. The Labute approximate surface area is 158 Å². The molecule has 0 radical (unpaired) electrons. The highest BCUT2D eigenvalue weighted by Crippen LogP contribution is 2.35. The number of hydrogen-bond donors (Lipinski definition) is 1. The number of nitrogens with one attached hydrogen (secondary N) is 1. The van der Waals surface area contributed by atoms with Crippen LogP contribution in [0, 0.1) is 6.92 Å². The molecule has 0 aromatic heterocycles. The van der Waals surface area contributed by atoms with Gasteiger partial charge in [-0.2, -0.15) is 4.31 Å². The summed E-state index contributed by atoms with van der Waals surface area (Å²) in [5.41, 5.74) is 1.64. The summed E-state index contributed by atoms with van der Waals surface area (Å²) in [6.07, 6.45) is 0. The van der Waals surface area contributed by atoms with E-state index in [9.17, 15) is 13.2 Å². The summed E-state index contributed by atoms with van der Waals surface area (Å²) in [7, 11) is -1.15. The van der Waals surface area contributed by atoms with E-state index < -0.39 is 16.1 Å². The lowest BCUT2D eigenvalue weighted by Gasteiger charge is -2.34. The molecule has 1 saturated heterocycles. The van der Waals surface area contributed by atoms with E-state index in [1.807, 2.05) is 19.1 Å². The Hall–Kier alpha value is -2.58. The molecule has 27 heavy (non-hydrogen) atoms. The van der Waals surface area contributed by atoms with Crippen molar-refractivity contribution in [2.45, 2.75) is 17.9 Å². The van der Waals surface area contributed by atoms with Gasteiger partial charge in [0, 0.05) is 19.2 Å². The number of ether oxygens (including phenoxy) is 2. The second-order valence-electron chi connectivity index (χ2n) is 6.24. The van der Waals surface area contributed by atoms with Gasteiger partial charge in [-0.15, -0.1) is 0 Å². The molecule has 1 fully saturated rings. The fraction of sp³-hybridized carbons (Fsp3) is 0.316. The van der Waals surface area contributed by atoms with Crippen LogP contribution in [0.5, 0.6) is 11.5 Å². The average molecular weight is 390 g/mol. The second kappa shape index (κ2) is 7.58. The molecule has 1 aliphatic heterocycles. The predicted octanol–water partition coefficient (Wildman–Crippen LogP) is 1.87. The summed E-state index contributed by atoms with van der Waals surface area (Å²) in [4.78, 5) is 12.5. The minimum absolute atomic E-state index is 0.0313. The van der Waals surface area contributed by atoms with Crippen molar-refractivity contribution < 1.29 is 22.7 Å². The van der Waals surface area contributed by atoms with Gasteiger partial charge >= 0.3 is 0 Å². The zero-order chi connectivity index (χ0) is 19.6. The highest BCUT2D eigenvalue weighted by molar-refractivity contribution is 7.89. The van der Waals surface area contributed by atoms with Crippen LogP contribution in [0.4, 0.5) is 0 Å². The zero-order valence-electron chi connectivity index (χ0n) is 15.4. The van der Waals surface area contributed by atoms with Crippen LogP contribution in [0.1, 0.15) is 17.2 Å². The SMILES string of the molecule is COc1ccc(OC)c(S(=O)(=O)N2CCNC(=O)C2c2ccc(C)cc2)c1. The topological polar surface area (TPSA) is 84.9 Å². The summed E-state index contributed by atoms with van der Waals surface area (Å²) >= 11 is 0. The number of benzene rings is 2. The van der Waals surface area contributed by atoms with Gasteiger partial charge in [-0.1, -0.05) is 29.8 Å². The van der Waals surface area contributed by atoms with Crippen LogP contribution in [0.3, 0.4) is 0 Å². The molecule has 0 bridgehead atoms. The van der Waals surface area contributed by atoms with Gasteiger partial charge in [0.25, 0.3) is 0 Å². The number of hydrogen-bond acceptors (Lipinski definition) is 5. The summed E-state index contributed by atoms with van der Waals surface area (Å²) in [6.45, 7) is 2.33. The van der Waals surface area contributed by atoms with Gasteiger partial charge in [-0.05, 0) is 24.6 Å². The number of aryl methyl sites for hydroxylation is 1. The maximum atomic E-state index is 13.4. The minimum Gasteiger partial charge on any atom is -0.497 e. The van der Waals surface area contributed by atoms with Crippen LogP contribution in [-0.4, -0.2) is 45.9 Å². The van der Waals surface area contributed by atoms with Gasteiger partial charge < -0.3 is 14.8 Å². The van der Waals surface area contributed by atoms with Gasteiger partial charge in [0.1, 0.15) is 22.4 Å². The quantitative estimate of drug-likeness (QED) is 0.843. The molecule has 1 heterocycles. The smallest absolute Gasteiger partial charge is 0.248 e. The third kappa shape index (κ3) is 3.63. The molecule has 0 saturated carbocycles. The summed E-state index contributed by atoms with van der Waals surface area (Å²) in [5.74, 6) is 0.239. The van der Waals surface area contributed by atoms with E-state index in [-0.39, 0.29) is 29.6 Å². The van der Waals surface area contributed by atoms with Gasteiger partial charge in [0.2, 0.25) is 15.9 Å². The highest BCUT2D eigenvalue weighted by atomic mass is 32.2. The van der Waals surface area contributed by atoms with Crippen molar-refractivity contribution in [2.75, 3.05) is 27.3 Å². The number of carbonyl (C=O) groups is 1. The van der Waals surface area contributed by atoms with Crippen molar-refractivity contribution in [3.63, 3.8) is 0 Å². The Morgan fingerprint density at radius 1 is 1.07 bits per heavy atom. The molecule has 7 nitrogen and oxygen atoms in total. The molecule has 1 aliphatic rings. The number of amides is 1. The van der Waals surface area contributed by atoms with Crippen molar-refractivity contribution in [3.8, 4) is 11.5 Å². The molecule has 2 aromatic carbocycles. The predicted molar refractivity (Wildman–Crippen MR) is 100 cm³/mol. The molecule has 8 heteroatoms. The third-order valence-corrected chi connectivity index (χ3v) is 6.40. The minimum atomic E-state index is -4.01. The fourth-order valence-corrected chi connectivity index (χ4v) is 4.83. The molecule has 1 amide bonds. The van der Waals surface area contributed by atoms with E-state index >= 15 is 0 Å². The average Bonchev–Trinajstić information content (AvgIpc) is 2.68. The normalized spacial score (nSPS) is 18.0. The monoisotopic (exact) mass is 390 g/mol. The summed E-state index contributed by atoms with van der Waals surface area (Å²) in [5, 5.41) is 2.75. The molecule has 144 valence electrons. The number of sulfonamides is 1. The van der Waals surface area contributed by atoms with E-state index in [1.54, 1.807) is 18.2 Å². The van der Waals surface area contributed by atoms with Gasteiger partial charge in [0.05, 0.1) is 14.2 Å².